The average molecular weight is 1180 g/mol. The third-order valence-corrected chi connectivity index (χ3v) is 19.5. The van der Waals surface area contributed by atoms with Crippen LogP contribution in [0.4, 0.5) is 34.1 Å². The van der Waals surface area contributed by atoms with Gasteiger partial charge in [-0.2, -0.15) is 0 Å². The minimum absolute atomic E-state index is 0.000370. The predicted octanol–water partition coefficient (Wildman–Crippen LogP) is 19.1. The molecule has 0 amide bonds. The van der Waals surface area contributed by atoms with Gasteiger partial charge in [-0.1, -0.05) is 278 Å². The van der Waals surface area contributed by atoms with E-state index in [1.165, 1.54) is 22.1 Å². The lowest BCUT2D eigenvalue weighted by Gasteiger charge is -2.45. The summed E-state index contributed by atoms with van der Waals surface area (Å²) in [4.78, 5) is 5.15. The largest absolute Gasteiger partial charge is 0.458 e. The highest BCUT2D eigenvalue weighted by atomic mass is 16.5. The minimum Gasteiger partial charge on any atom is -0.458 e. The second-order valence-corrected chi connectivity index (χ2v) is 27.2. The first-order valence-electron chi connectivity index (χ1n) is 32.3. The number of anilines is 6. The first kappa shape index (κ1) is 55.3. The van der Waals surface area contributed by atoms with Gasteiger partial charge in [-0.25, -0.2) is 0 Å². The summed E-state index contributed by atoms with van der Waals surface area (Å²) in [5.74, 6) is 3.42. The van der Waals surface area contributed by atoms with Crippen LogP contribution in [0.5, 0.6) is 23.0 Å². The Morgan fingerprint density at radius 3 is 1.04 bits per heavy atom. The monoisotopic (exact) mass is 1180 g/mol. The molecule has 4 nitrogen and oxygen atoms in total. The van der Waals surface area contributed by atoms with Crippen molar-refractivity contribution in [2.24, 2.45) is 0 Å². The number of rotatable bonds is 8. The predicted molar refractivity (Wildman–Crippen MR) is 388 cm³/mol. The Balaban J connectivity index is 1.00. The molecule has 17 rings (SSSR count). The van der Waals surface area contributed by atoms with E-state index in [9.17, 15) is 0 Å². The van der Waals surface area contributed by atoms with E-state index in [0.29, 0.717) is 0 Å². The maximum absolute atomic E-state index is 7.57. The Morgan fingerprint density at radius 1 is 0.261 bits per heavy atom. The topological polar surface area (TPSA) is 24.9 Å². The normalized spacial score (nSPS) is 13.2. The second-order valence-electron chi connectivity index (χ2n) is 27.2. The molecule has 6 heteroatoms. The first-order valence-corrected chi connectivity index (χ1v) is 32.3. The Kier molecular flexibility index (Phi) is 12.9. The molecule has 0 aromatic heterocycles. The maximum Gasteiger partial charge on any atom is 0.256 e. The van der Waals surface area contributed by atoms with Gasteiger partial charge < -0.3 is 19.3 Å². The summed E-state index contributed by atoms with van der Waals surface area (Å²) in [6.07, 6.45) is 0. The Bertz CT molecular complexity index is 4980. The number of para-hydroxylation sites is 2. The van der Waals surface area contributed by atoms with E-state index in [-0.39, 0.29) is 24.3 Å². The van der Waals surface area contributed by atoms with Gasteiger partial charge in [0.15, 0.2) is 0 Å². The van der Waals surface area contributed by atoms with Crippen LogP contribution in [0.2, 0.25) is 0 Å². The Labute approximate surface area is 540 Å². The molecule has 4 heterocycles. The summed E-state index contributed by atoms with van der Waals surface area (Å²) in [5.41, 5.74) is 29.4. The standard InChI is InChI=1S/C86H66B2N2O2/c1-85(2,3)65-41-35-57(36-42-65)63-47-76-82-80(51-63)91-78-49-61(55-23-12-7-13-24-55)39-45-70(78)87(82)72-53-73-75(54-74(72)89(76)67-31-20-11-21-32-67)90(84-68(59-27-16-9-17-28-59)33-22-34-69(84)60-29-18-10-19-30-60)77-48-64(58-37-43-66(44-38-58)86(4,5)6)52-81-83(77)88(73)71-46-40-62(50-79(71)92-81)56-25-14-8-15-26-56/h7-54H,1-6H3. The van der Waals surface area contributed by atoms with Crippen LogP contribution in [0, 0.1) is 0 Å². The van der Waals surface area contributed by atoms with Crippen LogP contribution in [-0.4, -0.2) is 13.4 Å². The molecule has 0 N–H and O–H groups in total. The van der Waals surface area contributed by atoms with E-state index in [1.807, 2.05) is 0 Å². The summed E-state index contributed by atoms with van der Waals surface area (Å²) < 4.78 is 15.0. The molecule has 0 aliphatic carbocycles. The molecule has 0 radical (unpaired) electrons. The van der Waals surface area contributed by atoms with E-state index in [0.717, 1.165) is 146 Å². The summed E-state index contributed by atoms with van der Waals surface area (Å²) >= 11 is 0. The molecule has 0 spiro atoms. The van der Waals surface area contributed by atoms with Crippen molar-refractivity contribution in [2.75, 3.05) is 9.80 Å². The summed E-state index contributed by atoms with van der Waals surface area (Å²) in [7, 11) is 0. The van der Waals surface area contributed by atoms with Crippen molar-refractivity contribution in [1.82, 2.24) is 0 Å². The fraction of sp³-hybridized carbons (Fsp3) is 0.0930. The number of hydrogen-bond acceptors (Lipinski definition) is 4. The molecular weight excluding hydrogens is 1110 g/mol. The minimum atomic E-state index is -0.240. The number of fused-ring (bicyclic) bond motifs is 8. The van der Waals surface area contributed by atoms with E-state index < -0.39 is 0 Å². The van der Waals surface area contributed by atoms with Crippen LogP contribution in [0.15, 0.2) is 291 Å². The van der Waals surface area contributed by atoms with E-state index in [1.54, 1.807) is 0 Å². The quantitative estimate of drug-likeness (QED) is 0.142. The zero-order valence-electron chi connectivity index (χ0n) is 52.6. The van der Waals surface area contributed by atoms with Gasteiger partial charge >= 0.3 is 0 Å². The van der Waals surface area contributed by atoms with Crippen LogP contribution in [0.25, 0.3) is 66.8 Å². The molecule has 0 bridgehead atoms. The number of ether oxygens (including phenoxy) is 2. The second kappa shape index (κ2) is 21.4. The molecule has 92 heavy (non-hydrogen) atoms. The van der Waals surface area contributed by atoms with Gasteiger partial charge in [0.25, 0.3) is 13.4 Å². The van der Waals surface area contributed by atoms with Gasteiger partial charge in [-0.3, -0.25) is 0 Å². The lowest BCUT2D eigenvalue weighted by atomic mass is 9.30. The van der Waals surface area contributed by atoms with Crippen LogP contribution < -0.4 is 52.1 Å². The van der Waals surface area contributed by atoms with Crippen molar-refractivity contribution < 1.29 is 9.47 Å². The van der Waals surface area contributed by atoms with Crippen LogP contribution in [-0.2, 0) is 10.8 Å². The lowest BCUT2D eigenvalue weighted by Crippen LogP contribution is -2.63. The highest BCUT2D eigenvalue weighted by Gasteiger charge is 2.48. The summed E-state index contributed by atoms with van der Waals surface area (Å²) in [5, 5.41) is 0. The van der Waals surface area contributed by atoms with Crippen molar-refractivity contribution in [3.63, 3.8) is 0 Å². The smallest absolute Gasteiger partial charge is 0.256 e. The van der Waals surface area contributed by atoms with Gasteiger partial charge in [0, 0.05) is 39.6 Å². The van der Waals surface area contributed by atoms with Crippen molar-refractivity contribution >= 4 is 80.3 Å². The molecule has 0 atom stereocenters. The van der Waals surface area contributed by atoms with Crippen LogP contribution in [0.1, 0.15) is 52.7 Å². The van der Waals surface area contributed by atoms with E-state index in [2.05, 4.69) is 343 Å². The van der Waals surface area contributed by atoms with E-state index >= 15 is 0 Å². The fourth-order valence-electron chi connectivity index (χ4n) is 14.8. The van der Waals surface area contributed by atoms with Crippen molar-refractivity contribution in [3.05, 3.63) is 302 Å². The molecular formula is C86H66B2N2O2. The van der Waals surface area contributed by atoms with Gasteiger partial charge in [0.2, 0.25) is 0 Å². The van der Waals surface area contributed by atoms with E-state index in [4.69, 9.17) is 9.47 Å². The molecule has 438 valence electrons. The van der Waals surface area contributed by atoms with Crippen molar-refractivity contribution in [2.45, 2.75) is 52.4 Å². The number of hydrogen-bond donors (Lipinski definition) is 0. The Morgan fingerprint density at radius 2 is 0.620 bits per heavy atom. The van der Waals surface area contributed by atoms with Gasteiger partial charge in [-0.15, -0.1) is 0 Å². The molecule has 4 aliphatic rings. The summed E-state index contributed by atoms with van der Waals surface area (Å²) in [6, 6.07) is 108. The van der Waals surface area contributed by atoms with Gasteiger partial charge in [0.05, 0.1) is 5.69 Å². The van der Waals surface area contributed by atoms with Crippen LogP contribution >= 0.6 is 0 Å². The zero-order valence-corrected chi connectivity index (χ0v) is 52.6. The average Bonchev–Trinajstić information content (AvgIpc) is 0.691. The first-order chi connectivity index (χ1) is 44.9. The zero-order chi connectivity index (χ0) is 62.0. The molecule has 13 aromatic rings. The number of benzene rings is 13. The summed E-state index contributed by atoms with van der Waals surface area (Å²) in [6.45, 7) is 13.2. The van der Waals surface area contributed by atoms with Crippen molar-refractivity contribution in [3.8, 4) is 89.8 Å². The lowest BCUT2D eigenvalue weighted by molar-refractivity contribution is 0.487. The molecule has 0 saturated carbocycles. The number of nitrogens with zero attached hydrogens (tertiary/aromatic N) is 2. The van der Waals surface area contributed by atoms with Gasteiger partial charge in [0.1, 0.15) is 23.0 Å². The third-order valence-electron chi connectivity index (χ3n) is 19.5. The Hall–Kier alpha value is -10.8. The highest BCUT2D eigenvalue weighted by Crippen LogP contribution is 2.52. The fourth-order valence-corrected chi connectivity index (χ4v) is 14.8. The molecule has 0 saturated heterocycles. The molecule has 0 unspecified atom stereocenters. The van der Waals surface area contributed by atoms with Crippen molar-refractivity contribution in [1.29, 1.82) is 0 Å². The molecule has 0 fully saturated rings. The maximum atomic E-state index is 7.57. The third kappa shape index (κ3) is 9.22. The van der Waals surface area contributed by atoms with Crippen LogP contribution in [0.3, 0.4) is 0 Å². The van der Waals surface area contributed by atoms with Gasteiger partial charge in [-0.05, 0) is 165 Å². The highest BCUT2D eigenvalue weighted by molar-refractivity contribution is 7.02. The molecule has 13 aromatic carbocycles. The SMILES string of the molecule is CC(C)(C)c1ccc(-c2cc3c4c(c2)N(c2ccccc2)c2cc5c(cc2B4c2ccc(-c4ccccc4)cc2O3)B2c3ccc(-c4ccccc4)cc3Oc3cc(-c4ccc(C(C)(C)C)cc4)cc(c32)N5c2c(-c3ccccc3)cccc2-c2ccccc2)cc1. The molecule has 4 aliphatic heterocycles.